The number of hydrogen-bond acceptors (Lipinski definition) is 2. The largest absolute Gasteiger partial charge is 0.478 e. The minimum absolute atomic E-state index is 0.344. The van der Waals surface area contributed by atoms with Gasteiger partial charge in [-0.1, -0.05) is 41.3 Å². The number of benzene rings is 1. The van der Waals surface area contributed by atoms with Crippen LogP contribution in [0.4, 0.5) is 0 Å². The van der Waals surface area contributed by atoms with Gasteiger partial charge in [0, 0.05) is 17.6 Å². The van der Waals surface area contributed by atoms with Gasteiger partial charge in [-0.3, -0.25) is 4.90 Å². The fourth-order valence-electron chi connectivity index (χ4n) is 3.87. The van der Waals surface area contributed by atoms with E-state index in [1.54, 1.807) is 12.1 Å². The molecule has 21 heavy (non-hydrogen) atoms. The lowest BCUT2D eigenvalue weighted by atomic mass is 9.75. The van der Waals surface area contributed by atoms with Gasteiger partial charge in [-0.05, 0) is 48.9 Å². The number of halogens is 1. The second-order valence-corrected chi connectivity index (χ2v) is 7.29. The molecule has 3 nitrogen and oxygen atoms in total. The maximum absolute atomic E-state index is 11.0. The van der Waals surface area contributed by atoms with E-state index in [2.05, 4.69) is 20.8 Å². The van der Waals surface area contributed by atoms with Gasteiger partial charge in [0.15, 0.2) is 0 Å². The molecular weight excluding hydrogens is 330 g/mol. The lowest BCUT2D eigenvalue weighted by Gasteiger charge is -2.41. The van der Waals surface area contributed by atoms with Crippen molar-refractivity contribution >= 4 is 21.9 Å². The number of fused-ring (bicyclic) bond motifs is 1. The molecule has 2 fully saturated rings. The summed E-state index contributed by atoms with van der Waals surface area (Å²) in [6.07, 6.45) is 6.96. The van der Waals surface area contributed by atoms with E-state index >= 15 is 0 Å². The number of carbonyl (C=O) groups is 1. The highest BCUT2D eigenvalue weighted by Crippen LogP contribution is 2.36. The number of hydrogen-bond donors (Lipinski definition) is 1. The predicted molar refractivity (Wildman–Crippen MR) is 86.4 cm³/mol. The zero-order chi connectivity index (χ0) is 14.8. The van der Waals surface area contributed by atoms with Crippen molar-refractivity contribution in [2.24, 2.45) is 11.8 Å². The number of nitrogens with zero attached hydrogens (tertiary/aromatic N) is 1. The first-order chi connectivity index (χ1) is 10.1. The molecule has 114 valence electrons. The Labute approximate surface area is 134 Å². The second-order valence-electron chi connectivity index (χ2n) is 6.44. The molecule has 1 heterocycles. The van der Waals surface area contributed by atoms with Gasteiger partial charge in [0.25, 0.3) is 0 Å². The Morgan fingerprint density at radius 3 is 2.71 bits per heavy atom. The summed E-state index contributed by atoms with van der Waals surface area (Å²) in [6, 6.07) is 5.36. The zero-order valence-corrected chi connectivity index (χ0v) is 13.8. The van der Waals surface area contributed by atoms with Crippen molar-refractivity contribution in [3.05, 3.63) is 33.8 Å². The van der Waals surface area contributed by atoms with Crippen molar-refractivity contribution < 1.29 is 9.90 Å². The van der Waals surface area contributed by atoms with Crippen LogP contribution in [0.3, 0.4) is 0 Å². The molecule has 0 aromatic heterocycles. The van der Waals surface area contributed by atoms with E-state index in [-0.39, 0.29) is 0 Å². The quantitative estimate of drug-likeness (QED) is 0.888. The number of carboxylic acids is 1. The Morgan fingerprint density at radius 1 is 1.24 bits per heavy atom. The molecule has 0 bridgehead atoms. The number of rotatable bonds is 3. The first kappa shape index (κ1) is 15.0. The topological polar surface area (TPSA) is 40.5 Å². The van der Waals surface area contributed by atoms with Gasteiger partial charge in [-0.2, -0.15) is 0 Å². The van der Waals surface area contributed by atoms with E-state index < -0.39 is 5.97 Å². The van der Waals surface area contributed by atoms with Gasteiger partial charge in [0.05, 0.1) is 5.56 Å². The van der Waals surface area contributed by atoms with Gasteiger partial charge >= 0.3 is 5.97 Å². The molecule has 2 atom stereocenters. The summed E-state index contributed by atoms with van der Waals surface area (Å²) < 4.78 is 0.910. The second kappa shape index (κ2) is 6.49. The van der Waals surface area contributed by atoms with E-state index in [1.165, 1.54) is 50.8 Å². The fraction of sp³-hybridized carbons (Fsp3) is 0.588. The molecule has 0 amide bonds. The molecule has 1 N–H and O–H groups in total. The number of piperidine rings is 1. The fourth-order valence-corrected chi connectivity index (χ4v) is 4.37. The third-order valence-corrected chi connectivity index (χ3v) is 5.81. The van der Waals surface area contributed by atoms with Crippen LogP contribution >= 0.6 is 15.9 Å². The molecule has 2 aliphatic rings. The summed E-state index contributed by atoms with van der Waals surface area (Å²) in [7, 11) is 0. The van der Waals surface area contributed by atoms with Crippen LogP contribution in [0.2, 0.25) is 0 Å². The Hall–Kier alpha value is -0.870. The van der Waals surface area contributed by atoms with Crippen LogP contribution in [0, 0.1) is 11.8 Å². The summed E-state index contributed by atoms with van der Waals surface area (Å²) in [5, 5.41) is 9.02. The molecule has 2 unspecified atom stereocenters. The Morgan fingerprint density at radius 2 is 2.00 bits per heavy atom. The standard InChI is InChI=1S/C17H22BrNO2/c18-16-9-13(17(20)21)5-6-15(16)11-19-8-7-12-3-1-2-4-14(12)10-19/h5-6,9,12,14H,1-4,7-8,10-11H2,(H,20,21). The van der Waals surface area contributed by atoms with Gasteiger partial charge in [0.2, 0.25) is 0 Å². The van der Waals surface area contributed by atoms with Crippen LogP contribution in [0.15, 0.2) is 22.7 Å². The van der Waals surface area contributed by atoms with Crippen molar-refractivity contribution in [2.45, 2.75) is 38.6 Å². The average molecular weight is 352 g/mol. The van der Waals surface area contributed by atoms with Crippen LogP contribution in [0.25, 0.3) is 0 Å². The Kier molecular flexibility index (Phi) is 4.65. The Balaban J connectivity index is 1.65. The van der Waals surface area contributed by atoms with Gasteiger partial charge in [0.1, 0.15) is 0 Å². The summed E-state index contributed by atoms with van der Waals surface area (Å²) in [5.41, 5.74) is 1.53. The number of carboxylic acid groups (broad SMARTS) is 1. The molecule has 1 aromatic carbocycles. The number of aromatic carboxylic acids is 1. The molecule has 1 aromatic rings. The third kappa shape index (κ3) is 3.49. The highest BCUT2D eigenvalue weighted by molar-refractivity contribution is 9.10. The summed E-state index contributed by atoms with van der Waals surface area (Å²) in [4.78, 5) is 13.5. The molecule has 1 saturated heterocycles. The SMILES string of the molecule is O=C(O)c1ccc(CN2CCC3CCCCC3C2)c(Br)c1. The molecule has 4 heteroatoms. The maximum Gasteiger partial charge on any atom is 0.335 e. The van der Waals surface area contributed by atoms with Crippen LogP contribution in [0.5, 0.6) is 0 Å². The predicted octanol–water partition coefficient (Wildman–Crippen LogP) is 4.16. The molecule has 3 rings (SSSR count). The summed E-state index contributed by atoms with van der Waals surface area (Å²) in [6.45, 7) is 3.30. The molecule has 0 spiro atoms. The van der Waals surface area contributed by atoms with Crippen molar-refractivity contribution in [2.75, 3.05) is 13.1 Å². The van der Waals surface area contributed by atoms with E-state index in [0.717, 1.165) is 22.9 Å². The Bertz CT molecular complexity index is 532. The van der Waals surface area contributed by atoms with Crippen molar-refractivity contribution in [3.8, 4) is 0 Å². The van der Waals surface area contributed by atoms with Crippen molar-refractivity contribution in [1.82, 2.24) is 4.90 Å². The zero-order valence-electron chi connectivity index (χ0n) is 12.2. The smallest absolute Gasteiger partial charge is 0.335 e. The minimum atomic E-state index is -0.870. The molecule has 1 saturated carbocycles. The molecular formula is C17H22BrNO2. The summed E-state index contributed by atoms with van der Waals surface area (Å²) in [5.74, 6) is 0.961. The first-order valence-corrected chi connectivity index (χ1v) is 8.67. The van der Waals surface area contributed by atoms with E-state index in [9.17, 15) is 4.79 Å². The van der Waals surface area contributed by atoms with E-state index in [1.807, 2.05) is 6.07 Å². The highest BCUT2D eigenvalue weighted by Gasteiger charge is 2.31. The average Bonchev–Trinajstić information content (AvgIpc) is 2.49. The lowest BCUT2D eigenvalue weighted by Crippen LogP contribution is -2.41. The normalized spacial score (nSPS) is 26.3. The van der Waals surface area contributed by atoms with Crippen LogP contribution in [-0.4, -0.2) is 29.1 Å². The minimum Gasteiger partial charge on any atom is -0.478 e. The van der Waals surface area contributed by atoms with Crippen molar-refractivity contribution in [3.63, 3.8) is 0 Å². The van der Waals surface area contributed by atoms with Gasteiger partial charge in [-0.25, -0.2) is 4.79 Å². The van der Waals surface area contributed by atoms with E-state index in [4.69, 9.17) is 5.11 Å². The van der Waals surface area contributed by atoms with Crippen LogP contribution in [-0.2, 0) is 6.54 Å². The first-order valence-electron chi connectivity index (χ1n) is 7.87. The van der Waals surface area contributed by atoms with Gasteiger partial charge < -0.3 is 5.11 Å². The van der Waals surface area contributed by atoms with Crippen LogP contribution in [0.1, 0.15) is 48.0 Å². The molecule has 1 aliphatic heterocycles. The van der Waals surface area contributed by atoms with Gasteiger partial charge in [-0.15, -0.1) is 0 Å². The highest BCUT2D eigenvalue weighted by atomic mass is 79.9. The van der Waals surface area contributed by atoms with Crippen LogP contribution < -0.4 is 0 Å². The molecule has 0 radical (unpaired) electrons. The van der Waals surface area contributed by atoms with E-state index in [0.29, 0.717) is 5.56 Å². The number of likely N-dealkylation sites (tertiary alicyclic amines) is 1. The molecule has 1 aliphatic carbocycles. The lowest BCUT2D eigenvalue weighted by molar-refractivity contribution is 0.0696. The monoisotopic (exact) mass is 351 g/mol. The van der Waals surface area contributed by atoms with Crippen molar-refractivity contribution in [1.29, 1.82) is 0 Å². The summed E-state index contributed by atoms with van der Waals surface area (Å²) >= 11 is 3.52. The maximum atomic E-state index is 11.0. The third-order valence-electron chi connectivity index (χ3n) is 5.07.